The van der Waals surface area contributed by atoms with Gasteiger partial charge in [0, 0.05) is 18.8 Å². The molecule has 4 heteroatoms. The van der Waals surface area contributed by atoms with Crippen LogP contribution in [0.3, 0.4) is 0 Å². The Morgan fingerprint density at radius 1 is 0.900 bits per heavy atom. The van der Waals surface area contributed by atoms with Crippen LogP contribution in [0.2, 0.25) is 0 Å². The third-order valence-electron chi connectivity index (χ3n) is 1.94. The number of aromatic amines is 1. The number of nitrogens with one attached hydrogen (secondary N) is 1. The Balaban J connectivity index is 0.000000133. The average molecular weight is 352 g/mol. The summed E-state index contributed by atoms with van der Waals surface area (Å²) in [4.78, 5) is 7.24. The number of hydrogen-bond acceptors (Lipinski definition) is 2. The van der Waals surface area contributed by atoms with Gasteiger partial charge in [0.1, 0.15) is 0 Å². The van der Waals surface area contributed by atoms with Crippen LogP contribution in [-0.4, -0.2) is 26.1 Å². The molecule has 4 rings (SSSR count). The van der Waals surface area contributed by atoms with Crippen LogP contribution < -0.4 is 0 Å². The van der Waals surface area contributed by atoms with Crippen molar-refractivity contribution >= 4 is 25.8 Å². The van der Waals surface area contributed by atoms with Gasteiger partial charge in [-0.25, -0.2) is 0 Å². The van der Waals surface area contributed by atoms with Crippen molar-refractivity contribution in [3.05, 3.63) is 81.8 Å². The van der Waals surface area contributed by atoms with Crippen molar-refractivity contribution in [3.8, 4) is 0 Å². The van der Waals surface area contributed by atoms with Gasteiger partial charge in [-0.15, -0.1) is 0 Å². The molecule has 0 spiro atoms. The average Bonchev–Trinajstić information content (AvgIpc) is 3.40. The molecule has 1 aliphatic heterocycles. The van der Waals surface area contributed by atoms with E-state index < -0.39 is 0 Å². The van der Waals surface area contributed by atoms with Crippen LogP contribution in [0, 0.1) is 0 Å². The fourth-order valence-corrected chi connectivity index (χ4v) is 2.48. The maximum Gasteiger partial charge on any atom is -0.00934 e. The van der Waals surface area contributed by atoms with Crippen LogP contribution >= 0.6 is 11.3 Å². The minimum absolute atomic E-state index is 0.708. The van der Waals surface area contributed by atoms with Gasteiger partial charge in [0.2, 0.25) is 0 Å². The molecular formula is C16H19NOSSe. The van der Waals surface area contributed by atoms with Crippen molar-refractivity contribution in [2.45, 2.75) is 6.42 Å². The molecule has 0 radical (unpaired) electrons. The molecule has 0 aromatic carbocycles. The zero-order chi connectivity index (χ0) is 14.1. The number of aromatic nitrogens is 1. The van der Waals surface area contributed by atoms with E-state index in [4.69, 9.17) is 4.74 Å². The molecule has 3 aromatic rings. The second-order valence-electron chi connectivity index (χ2n) is 3.50. The van der Waals surface area contributed by atoms with Gasteiger partial charge in [-0.05, 0) is 29.0 Å². The first kappa shape index (κ1) is 16.6. The van der Waals surface area contributed by atoms with Crippen molar-refractivity contribution in [1.29, 1.82) is 0 Å². The maximum absolute atomic E-state index is 4.76. The van der Waals surface area contributed by atoms with Gasteiger partial charge < -0.3 is 9.72 Å². The van der Waals surface area contributed by atoms with E-state index in [-0.39, 0.29) is 0 Å². The molecule has 0 fully saturated rings. The quantitative estimate of drug-likeness (QED) is 0.595. The first-order valence-corrected chi connectivity index (χ1v) is 9.21. The molecule has 4 heterocycles. The number of thiophene rings is 1. The zero-order valence-electron chi connectivity index (χ0n) is 11.2. The van der Waals surface area contributed by atoms with Crippen molar-refractivity contribution < 1.29 is 4.74 Å². The second-order valence-corrected chi connectivity index (χ2v) is 6.03. The topological polar surface area (TPSA) is 25.0 Å². The summed E-state index contributed by atoms with van der Waals surface area (Å²) < 4.78 is 4.76. The Hall–Kier alpha value is -1.48. The SMILES string of the molecule is C1=COCC1.c1cc[nH]c1.c1cc[se]c1.c1ccsc1. The van der Waals surface area contributed by atoms with Crippen LogP contribution in [0.5, 0.6) is 0 Å². The molecular weight excluding hydrogens is 333 g/mol. The smallest absolute Gasteiger partial charge is 0.00934 e. The van der Waals surface area contributed by atoms with Gasteiger partial charge in [-0.3, -0.25) is 0 Å². The first-order chi connectivity index (χ1) is 10.0. The third-order valence-corrected chi connectivity index (χ3v) is 3.89. The van der Waals surface area contributed by atoms with Crippen LogP contribution in [0.4, 0.5) is 0 Å². The predicted molar refractivity (Wildman–Crippen MR) is 88.2 cm³/mol. The van der Waals surface area contributed by atoms with E-state index >= 15 is 0 Å². The minimum atomic E-state index is 0.708. The summed E-state index contributed by atoms with van der Waals surface area (Å²) in [6.07, 6.45) is 8.60. The normalized spacial score (nSPS) is 10.8. The van der Waals surface area contributed by atoms with Gasteiger partial charge in [0.15, 0.2) is 0 Å². The minimum Gasteiger partial charge on any atom is -0.152 e. The van der Waals surface area contributed by atoms with E-state index in [1.807, 2.05) is 53.5 Å². The monoisotopic (exact) mass is 353 g/mol. The summed E-state index contributed by atoms with van der Waals surface area (Å²) in [5.41, 5.74) is 0. The Labute approximate surface area is 130 Å². The molecule has 0 saturated carbocycles. The maximum atomic E-state index is 4.76. The summed E-state index contributed by atoms with van der Waals surface area (Å²) in [5.74, 6) is 0. The van der Waals surface area contributed by atoms with Crippen LogP contribution in [-0.2, 0) is 4.74 Å². The van der Waals surface area contributed by atoms with E-state index in [1.54, 1.807) is 17.6 Å². The fourth-order valence-electron chi connectivity index (χ4n) is 1.07. The van der Waals surface area contributed by atoms with E-state index in [0.717, 1.165) is 13.0 Å². The fraction of sp³-hybridized carbons (Fsp3) is 0.125. The van der Waals surface area contributed by atoms with Crippen LogP contribution in [0.1, 0.15) is 6.42 Å². The van der Waals surface area contributed by atoms with Crippen molar-refractivity contribution in [3.63, 3.8) is 0 Å². The number of ether oxygens (including phenoxy) is 1. The van der Waals surface area contributed by atoms with Crippen molar-refractivity contribution in [1.82, 2.24) is 4.98 Å². The van der Waals surface area contributed by atoms with Gasteiger partial charge >= 0.3 is 36.5 Å². The number of H-pyrrole nitrogens is 1. The molecule has 0 aliphatic carbocycles. The van der Waals surface area contributed by atoms with Crippen LogP contribution in [0.25, 0.3) is 0 Å². The molecule has 0 unspecified atom stereocenters. The Kier molecular flexibility index (Phi) is 11.6. The molecule has 0 bridgehead atoms. The van der Waals surface area contributed by atoms with E-state index in [1.165, 1.54) is 0 Å². The predicted octanol–water partition coefficient (Wildman–Crippen LogP) is 4.43. The Morgan fingerprint density at radius 2 is 1.60 bits per heavy atom. The third kappa shape index (κ3) is 11.6. The van der Waals surface area contributed by atoms with Crippen LogP contribution in [0.15, 0.2) is 81.8 Å². The Bertz CT molecular complexity index is 354. The molecule has 1 N–H and O–H groups in total. The first-order valence-electron chi connectivity index (χ1n) is 6.29. The summed E-state index contributed by atoms with van der Waals surface area (Å²) in [7, 11) is 0. The van der Waals surface area contributed by atoms with Crippen molar-refractivity contribution in [2.24, 2.45) is 0 Å². The number of hydrogen-bond donors (Lipinski definition) is 1. The number of rotatable bonds is 0. The zero-order valence-corrected chi connectivity index (χ0v) is 13.8. The summed E-state index contributed by atoms with van der Waals surface area (Å²) >= 11 is 2.42. The van der Waals surface area contributed by atoms with Crippen molar-refractivity contribution in [2.75, 3.05) is 6.61 Å². The van der Waals surface area contributed by atoms with Gasteiger partial charge in [-0.1, -0.05) is 12.1 Å². The van der Waals surface area contributed by atoms with Gasteiger partial charge in [0.05, 0.1) is 12.9 Å². The largest absolute Gasteiger partial charge is 0.152 e. The molecule has 0 amide bonds. The summed E-state index contributed by atoms with van der Waals surface area (Å²) in [6.45, 7) is 0.889. The molecule has 20 heavy (non-hydrogen) atoms. The van der Waals surface area contributed by atoms with E-state index in [9.17, 15) is 0 Å². The molecule has 1 aliphatic rings. The second kappa shape index (κ2) is 13.9. The molecule has 106 valence electrons. The van der Waals surface area contributed by atoms with E-state index in [2.05, 4.69) is 27.0 Å². The molecule has 0 saturated heterocycles. The Morgan fingerprint density at radius 3 is 1.80 bits per heavy atom. The standard InChI is InChI=1S/C4H5N.C4H6O.C4H4S.C4H4Se/c4*1-2-4-5-3-1/h1-5H;1,3H,2,4H2;2*1-4H. The molecule has 3 aromatic heterocycles. The summed E-state index contributed by atoms with van der Waals surface area (Å²) in [6, 6.07) is 12.1. The summed E-state index contributed by atoms with van der Waals surface area (Å²) in [5, 5.41) is 4.08. The van der Waals surface area contributed by atoms with Gasteiger partial charge in [-0.2, -0.15) is 11.3 Å². The van der Waals surface area contributed by atoms with E-state index in [0.29, 0.717) is 14.5 Å². The molecule has 0 atom stereocenters. The molecule has 2 nitrogen and oxygen atoms in total. The van der Waals surface area contributed by atoms with Gasteiger partial charge in [0.25, 0.3) is 0 Å².